The van der Waals surface area contributed by atoms with E-state index in [0.29, 0.717) is 11.6 Å². The molecule has 2 rings (SSSR count). The molecule has 2 heterocycles. The SMILES string of the molecule is CCCS(=O)(=O)NC1CCN(Cc2cnc(N)s2)CC1. The number of thiazole rings is 1. The zero-order chi connectivity index (χ0) is 14.6. The largest absolute Gasteiger partial charge is 0.375 e. The molecule has 1 aromatic rings. The van der Waals surface area contributed by atoms with Crippen LogP contribution < -0.4 is 10.5 Å². The molecule has 1 aliphatic heterocycles. The second-order valence-corrected chi connectivity index (χ2v) is 8.17. The van der Waals surface area contributed by atoms with E-state index in [1.807, 2.05) is 13.1 Å². The van der Waals surface area contributed by atoms with E-state index in [2.05, 4.69) is 14.6 Å². The fraction of sp³-hybridized carbons (Fsp3) is 0.750. The highest BCUT2D eigenvalue weighted by Crippen LogP contribution is 2.19. The number of rotatable bonds is 6. The molecule has 20 heavy (non-hydrogen) atoms. The van der Waals surface area contributed by atoms with Gasteiger partial charge in [-0.1, -0.05) is 6.92 Å². The summed E-state index contributed by atoms with van der Waals surface area (Å²) in [6, 6.07) is 0.0781. The molecule has 3 N–H and O–H groups in total. The van der Waals surface area contributed by atoms with Gasteiger partial charge in [0.05, 0.1) is 5.75 Å². The van der Waals surface area contributed by atoms with E-state index in [1.165, 1.54) is 11.3 Å². The molecule has 0 amide bonds. The topological polar surface area (TPSA) is 88.3 Å². The number of aromatic nitrogens is 1. The lowest BCUT2D eigenvalue weighted by atomic mass is 10.1. The van der Waals surface area contributed by atoms with Crippen LogP contribution in [0.25, 0.3) is 0 Å². The van der Waals surface area contributed by atoms with Gasteiger partial charge >= 0.3 is 0 Å². The highest BCUT2D eigenvalue weighted by atomic mass is 32.2. The summed E-state index contributed by atoms with van der Waals surface area (Å²) in [6.07, 6.45) is 4.19. The smallest absolute Gasteiger partial charge is 0.211 e. The molecule has 0 aromatic carbocycles. The predicted molar refractivity (Wildman–Crippen MR) is 82.0 cm³/mol. The summed E-state index contributed by atoms with van der Waals surface area (Å²) in [7, 11) is -3.10. The highest BCUT2D eigenvalue weighted by Gasteiger charge is 2.23. The van der Waals surface area contributed by atoms with Gasteiger partial charge < -0.3 is 5.73 Å². The van der Waals surface area contributed by atoms with Crippen LogP contribution in [0.2, 0.25) is 0 Å². The molecule has 0 saturated carbocycles. The molecule has 0 radical (unpaired) electrons. The number of nitrogens with one attached hydrogen (secondary N) is 1. The van der Waals surface area contributed by atoms with Gasteiger partial charge in [-0.15, -0.1) is 11.3 Å². The monoisotopic (exact) mass is 318 g/mol. The molecular formula is C12H22N4O2S2. The zero-order valence-corrected chi connectivity index (χ0v) is 13.3. The number of sulfonamides is 1. The van der Waals surface area contributed by atoms with Crippen molar-refractivity contribution in [1.82, 2.24) is 14.6 Å². The van der Waals surface area contributed by atoms with Crippen molar-refractivity contribution >= 4 is 26.5 Å². The third kappa shape index (κ3) is 4.69. The Morgan fingerprint density at radius 2 is 2.20 bits per heavy atom. The van der Waals surface area contributed by atoms with Gasteiger partial charge in [0.1, 0.15) is 0 Å². The van der Waals surface area contributed by atoms with E-state index in [-0.39, 0.29) is 11.8 Å². The van der Waals surface area contributed by atoms with E-state index in [0.717, 1.165) is 37.4 Å². The van der Waals surface area contributed by atoms with Crippen LogP contribution in [-0.2, 0) is 16.6 Å². The van der Waals surface area contributed by atoms with Crippen molar-refractivity contribution in [2.75, 3.05) is 24.6 Å². The van der Waals surface area contributed by atoms with Crippen LogP contribution in [0.1, 0.15) is 31.1 Å². The second kappa shape index (κ2) is 6.84. The van der Waals surface area contributed by atoms with Gasteiger partial charge in [0, 0.05) is 36.8 Å². The van der Waals surface area contributed by atoms with Gasteiger partial charge in [-0.05, 0) is 19.3 Å². The Labute approximate surface area is 124 Å². The van der Waals surface area contributed by atoms with Crippen LogP contribution >= 0.6 is 11.3 Å². The van der Waals surface area contributed by atoms with Crippen LogP contribution in [0.5, 0.6) is 0 Å². The van der Waals surface area contributed by atoms with Gasteiger partial charge in [-0.3, -0.25) is 4.90 Å². The van der Waals surface area contributed by atoms with Crippen molar-refractivity contribution in [1.29, 1.82) is 0 Å². The minimum absolute atomic E-state index is 0.0781. The number of nitrogens with two attached hydrogens (primary N) is 1. The van der Waals surface area contributed by atoms with Gasteiger partial charge in [0.15, 0.2) is 5.13 Å². The molecule has 1 saturated heterocycles. The van der Waals surface area contributed by atoms with Crippen LogP contribution in [-0.4, -0.2) is 43.2 Å². The lowest BCUT2D eigenvalue weighted by molar-refractivity contribution is 0.201. The summed E-state index contributed by atoms with van der Waals surface area (Å²) in [5, 5.41) is 0.599. The molecule has 0 spiro atoms. The van der Waals surface area contributed by atoms with E-state index in [9.17, 15) is 8.42 Å². The molecular weight excluding hydrogens is 296 g/mol. The summed E-state index contributed by atoms with van der Waals surface area (Å²) in [6.45, 7) is 4.53. The number of piperidine rings is 1. The summed E-state index contributed by atoms with van der Waals surface area (Å²) in [5.74, 6) is 0.216. The lowest BCUT2D eigenvalue weighted by Crippen LogP contribution is -2.44. The maximum Gasteiger partial charge on any atom is 0.211 e. The Bertz CT molecular complexity index is 521. The lowest BCUT2D eigenvalue weighted by Gasteiger charge is -2.31. The molecule has 0 bridgehead atoms. The number of nitrogen functional groups attached to an aromatic ring is 1. The summed E-state index contributed by atoms with van der Waals surface area (Å²) >= 11 is 1.51. The van der Waals surface area contributed by atoms with Crippen molar-refractivity contribution in [3.05, 3.63) is 11.1 Å². The van der Waals surface area contributed by atoms with E-state index < -0.39 is 10.0 Å². The number of hydrogen-bond donors (Lipinski definition) is 2. The second-order valence-electron chi connectivity index (χ2n) is 5.15. The third-order valence-corrected chi connectivity index (χ3v) is 5.81. The van der Waals surface area contributed by atoms with Crippen LogP contribution in [0.3, 0.4) is 0 Å². The first-order chi connectivity index (χ1) is 9.48. The van der Waals surface area contributed by atoms with Crippen molar-refractivity contribution in [2.45, 2.75) is 38.8 Å². The minimum atomic E-state index is -3.10. The van der Waals surface area contributed by atoms with Crippen LogP contribution in [0.15, 0.2) is 6.20 Å². The number of nitrogens with zero attached hydrogens (tertiary/aromatic N) is 2. The maximum absolute atomic E-state index is 11.7. The Balaban J connectivity index is 1.78. The average molecular weight is 318 g/mol. The fourth-order valence-corrected chi connectivity index (χ4v) is 4.53. The maximum atomic E-state index is 11.7. The van der Waals surface area contributed by atoms with Crippen LogP contribution in [0.4, 0.5) is 5.13 Å². The Hall–Kier alpha value is -0.700. The molecule has 0 aliphatic carbocycles. The van der Waals surface area contributed by atoms with Gasteiger partial charge in [0.25, 0.3) is 0 Å². The Kier molecular flexibility index (Phi) is 5.36. The van der Waals surface area contributed by atoms with Gasteiger partial charge in [-0.2, -0.15) is 0 Å². The molecule has 8 heteroatoms. The fourth-order valence-electron chi connectivity index (χ4n) is 2.41. The first-order valence-corrected chi connectivity index (χ1v) is 9.38. The molecule has 1 aromatic heterocycles. The normalized spacial score (nSPS) is 18.4. The van der Waals surface area contributed by atoms with Crippen molar-refractivity contribution in [2.24, 2.45) is 0 Å². The quantitative estimate of drug-likeness (QED) is 0.817. The van der Waals surface area contributed by atoms with E-state index in [4.69, 9.17) is 5.73 Å². The van der Waals surface area contributed by atoms with Crippen molar-refractivity contribution in [3.8, 4) is 0 Å². The third-order valence-electron chi connectivity index (χ3n) is 3.36. The van der Waals surface area contributed by atoms with Crippen molar-refractivity contribution < 1.29 is 8.42 Å². The molecule has 114 valence electrons. The van der Waals surface area contributed by atoms with E-state index in [1.54, 1.807) is 0 Å². The molecule has 0 unspecified atom stereocenters. The first kappa shape index (κ1) is 15.7. The van der Waals surface area contributed by atoms with Gasteiger partial charge in [0.2, 0.25) is 10.0 Å². The first-order valence-electron chi connectivity index (χ1n) is 6.91. The standard InChI is InChI=1S/C12H22N4O2S2/c1-2-7-20(17,18)15-10-3-5-16(6-4-10)9-11-8-14-12(13)19-11/h8,10,15H,2-7,9H2,1H3,(H2,13,14). The van der Waals surface area contributed by atoms with E-state index >= 15 is 0 Å². The number of hydrogen-bond acceptors (Lipinski definition) is 6. The molecule has 0 atom stereocenters. The van der Waals surface area contributed by atoms with Crippen LogP contribution in [0, 0.1) is 0 Å². The molecule has 1 aliphatic rings. The molecule has 6 nitrogen and oxygen atoms in total. The minimum Gasteiger partial charge on any atom is -0.375 e. The summed E-state index contributed by atoms with van der Waals surface area (Å²) in [4.78, 5) is 7.52. The number of likely N-dealkylation sites (tertiary alicyclic amines) is 1. The summed E-state index contributed by atoms with van der Waals surface area (Å²) < 4.78 is 26.3. The molecule has 1 fully saturated rings. The summed E-state index contributed by atoms with van der Waals surface area (Å²) in [5.41, 5.74) is 5.62. The predicted octanol–water partition coefficient (Wildman–Crippen LogP) is 1.02. The Morgan fingerprint density at radius 3 is 2.75 bits per heavy atom. The number of anilines is 1. The van der Waals surface area contributed by atoms with Crippen molar-refractivity contribution in [3.63, 3.8) is 0 Å². The average Bonchev–Trinajstić information content (AvgIpc) is 2.77. The highest BCUT2D eigenvalue weighted by molar-refractivity contribution is 7.89. The Morgan fingerprint density at radius 1 is 1.50 bits per heavy atom. The zero-order valence-electron chi connectivity index (χ0n) is 11.7. The van der Waals surface area contributed by atoms with Gasteiger partial charge in [-0.25, -0.2) is 18.1 Å².